The number of benzene rings is 2. The van der Waals surface area contributed by atoms with Crippen molar-refractivity contribution in [1.29, 1.82) is 0 Å². The highest BCUT2D eigenvalue weighted by atomic mass is 16.4. The Morgan fingerprint density at radius 3 is 2.00 bits per heavy atom. The van der Waals surface area contributed by atoms with Crippen molar-refractivity contribution >= 4 is 21.9 Å². The van der Waals surface area contributed by atoms with Crippen LogP contribution in [-0.2, 0) is 0 Å². The van der Waals surface area contributed by atoms with Crippen LogP contribution in [0.3, 0.4) is 0 Å². The second-order valence-electron chi connectivity index (χ2n) is 5.64. The average Bonchev–Trinajstić information content (AvgIpc) is 2.89. The largest absolute Gasteiger partial charge is 0.456 e. The van der Waals surface area contributed by atoms with Gasteiger partial charge in [0.05, 0.1) is 0 Å². The first-order chi connectivity index (χ1) is 10.6. The zero-order valence-electron chi connectivity index (χ0n) is 12.3. The van der Waals surface area contributed by atoms with E-state index >= 15 is 0 Å². The highest BCUT2D eigenvalue weighted by molar-refractivity contribution is 5.86. The van der Waals surface area contributed by atoms with Crippen LogP contribution >= 0.6 is 0 Å². The molecule has 2 aromatic carbocycles. The van der Waals surface area contributed by atoms with Crippen LogP contribution in [0.25, 0.3) is 33.3 Å². The molecule has 0 unspecified atom stereocenters. The van der Waals surface area contributed by atoms with Gasteiger partial charge in [0.2, 0.25) is 0 Å². The van der Waals surface area contributed by atoms with Crippen molar-refractivity contribution in [2.45, 2.75) is 13.8 Å². The van der Waals surface area contributed by atoms with Gasteiger partial charge in [-0.05, 0) is 50.2 Å². The summed E-state index contributed by atoms with van der Waals surface area (Å²) in [5, 5.41) is 1.88. The molecular weight excluding hydrogens is 276 g/mol. The molecule has 108 valence electrons. The molecule has 0 spiro atoms. The predicted octanol–water partition coefficient (Wildman–Crippen LogP) is 4.82. The van der Waals surface area contributed by atoms with E-state index in [4.69, 9.17) is 8.83 Å². The third kappa shape index (κ3) is 2.02. The fourth-order valence-electron chi connectivity index (χ4n) is 2.71. The van der Waals surface area contributed by atoms with Crippen molar-refractivity contribution in [1.82, 2.24) is 0 Å². The van der Waals surface area contributed by atoms with E-state index < -0.39 is 0 Å². The van der Waals surface area contributed by atoms with E-state index in [0.29, 0.717) is 16.9 Å². The van der Waals surface area contributed by atoms with E-state index in [1.165, 1.54) is 0 Å². The fraction of sp³-hybridized carbons (Fsp3) is 0.105. The van der Waals surface area contributed by atoms with Crippen LogP contribution in [0.2, 0.25) is 0 Å². The van der Waals surface area contributed by atoms with Gasteiger partial charge >= 0.3 is 5.63 Å². The lowest BCUT2D eigenvalue weighted by Crippen LogP contribution is -2.01. The number of fused-ring (bicyclic) bond motifs is 2. The Morgan fingerprint density at radius 2 is 1.32 bits per heavy atom. The Bertz CT molecular complexity index is 1070. The van der Waals surface area contributed by atoms with Crippen LogP contribution in [0.1, 0.15) is 11.1 Å². The van der Waals surface area contributed by atoms with Gasteiger partial charge in [0.25, 0.3) is 0 Å². The van der Waals surface area contributed by atoms with Gasteiger partial charge in [-0.15, -0.1) is 0 Å². The van der Waals surface area contributed by atoms with E-state index in [0.717, 1.165) is 27.5 Å². The van der Waals surface area contributed by atoms with Crippen molar-refractivity contribution in [2.75, 3.05) is 0 Å². The van der Waals surface area contributed by atoms with Crippen molar-refractivity contribution in [3.63, 3.8) is 0 Å². The van der Waals surface area contributed by atoms with E-state index in [9.17, 15) is 4.79 Å². The molecule has 0 amide bonds. The van der Waals surface area contributed by atoms with Gasteiger partial charge in [-0.1, -0.05) is 23.3 Å². The monoisotopic (exact) mass is 290 g/mol. The lowest BCUT2D eigenvalue weighted by molar-refractivity contribution is 0.555. The summed E-state index contributed by atoms with van der Waals surface area (Å²) in [5.74, 6) is 0.540. The van der Waals surface area contributed by atoms with Gasteiger partial charge < -0.3 is 8.83 Å². The molecule has 0 aliphatic rings. The van der Waals surface area contributed by atoms with Gasteiger partial charge in [-0.2, -0.15) is 0 Å². The molecule has 22 heavy (non-hydrogen) atoms. The summed E-state index contributed by atoms with van der Waals surface area (Å²) in [5.41, 5.74) is 3.70. The molecule has 0 saturated heterocycles. The summed E-state index contributed by atoms with van der Waals surface area (Å²) >= 11 is 0. The summed E-state index contributed by atoms with van der Waals surface area (Å²) in [6.45, 7) is 4.04. The molecular formula is C19H14O3. The lowest BCUT2D eigenvalue weighted by atomic mass is 10.1. The molecule has 0 atom stereocenters. The van der Waals surface area contributed by atoms with Crippen molar-refractivity contribution in [2.24, 2.45) is 0 Å². The molecule has 3 nitrogen and oxygen atoms in total. The first kappa shape index (κ1) is 12.9. The second-order valence-corrected chi connectivity index (χ2v) is 5.64. The number of hydrogen-bond donors (Lipinski definition) is 0. The highest BCUT2D eigenvalue weighted by Crippen LogP contribution is 2.28. The summed E-state index contributed by atoms with van der Waals surface area (Å²) < 4.78 is 11.2. The molecule has 0 radical (unpaired) electrons. The Balaban J connectivity index is 1.98. The van der Waals surface area contributed by atoms with E-state index in [2.05, 4.69) is 0 Å². The minimum atomic E-state index is -0.382. The first-order valence-corrected chi connectivity index (χ1v) is 7.15. The molecule has 4 rings (SSSR count). The van der Waals surface area contributed by atoms with Crippen LogP contribution in [0.5, 0.6) is 0 Å². The maximum absolute atomic E-state index is 12.2. The predicted molar refractivity (Wildman–Crippen MR) is 87.2 cm³/mol. The van der Waals surface area contributed by atoms with Crippen LogP contribution in [-0.4, -0.2) is 0 Å². The normalized spacial score (nSPS) is 11.4. The van der Waals surface area contributed by atoms with Crippen molar-refractivity contribution in [3.05, 3.63) is 70.1 Å². The van der Waals surface area contributed by atoms with E-state index in [1.54, 1.807) is 0 Å². The zero-order valence-corrected chi connectivity index (χ0v) is 12.3. The van der Waals surface area contributed by atoms with Crippen molar-refractivity contribution in [3.8, 4) is 11.3 Å². The quantitative estimate of drug-likeness (QED) is 0.472. The van der Waals surface area contributed by atoms with Gasteiger partial charge in [-0.25, -0.2) is 4.79 Å². The second kappa shape index (κ2) is 4.60. The Hall–Kier alpha value is -2.81. The van der Waals surface area contributed by atoms with Gasteiger partial charge in [0.15, 0.2) is 0 Å². The smallest absolute Gasteiger partial charge is 0.347 e. The van der Waals surface area contributed by atoms with E-state index in [1.807, 2.05) is 62.4 Å². The SMILES string of the molecule is Cc1ccc2oc(-c3cc4cc(C)ccc4oc3=O)cc2c1. The average molecular weight is 290 g/mol. The lowest BCUT2D eigenvalue weighted by Gasteiger charge is -2.00. The third-order valence-electron chi connectivity index (χ3n) is 3.82. The minimum absolute atomic E-state index is 0.382. The van der Waals surface area contributed by atoms with Crippen LogP contribution in [0.4, 0.5) is 0 Å². The maximum Gasteiger partial charge on any atom is 0.347 e. The number of hydrogen-bond acceptors (Lipinski definition) is 3. The van der Waals surface area contributed by atoms with Crippen LogP contribution in [0, 0.1) is 13.8 Å². The molecule has 2 heterocycles. The van der Waals surface area contributed by atoms with Crippen LogP contribution in [0.15, 0.2) is 62.2 Å². The summed E-state index contributed by atoms with van der Waals surface area (Å²) in [6, 6.07) is 15.4. The molecule has 3 heteroatoms. The zero-order chi connectivity index (χ0) is 15.3. The molecule has 0 aliphatic carbocycles. The highest BCUT2D eigenvalue weighted by Gasteiger charge is 2.13. The van der Waals surface area contributed by atoms with Gasteiger partial charge in [0, 0.05) is 10.8 Å². The fourth-order valence-corrected chi connectivity index (χ4v) is 2.71. The van der Waals surface area contributed by atoms with E-state index in [-0.39, 0.29) is 5.63 Å². The molecule has 2 aromatic heterocycles. The standard InChI is InChI=1S/C19H14O3/c1-11-4-6-17-13(7-11)9-15(19(20)22-17)18-10-14-8-12(2)3-5-16(14)21-18/h3-10H,1-2H3. The topological polar surface area (TPSA) is 43.4 Å². The molecule has 0 saturated carbocycles. The van der Waals surface area contributed by atoms with Crippen molar-refractivity contribution < 1.29 is 8.83 Å². The van der Waals surface area contributed by atoms with Crippen LogP contribution < -0.4 is 5.63 Å². The molecule has 4 aromatic rings. The molecule has 0 N–H and O–H groups in total. The molecule has 0 bridgehead atoms. The summed E-state index contributed by atoms with van der Waals surface area (Å²) in [4.78, 5) is 12.2. The van der Waals surface area contributed by atoms with Gasteiger partial charge in [-0.3, -0.25) is 0 Å². The summed E-state index contributed by atoms with van der Waals surface area (Å²) in [7, 11) is 0. The first-order valence-electron chi connectivity index (χ1n) is 7.15. The number of furan rings is 1. The number of rotatable bonds is 1. The minimum Gasteiger partial charge on any atom is -0.456 e. The summed E-state index contributed by atoms with van der Waals surface area (Å²) in [6.07, 6.45) is 0. The Kier molecular flexibility index (Phi) is 2.70. The third-order valence-corrected chi connectivity index (χ3v) is 3.82. The molecule has 0 aliphatic heterocycles. The number of aryl methyl sites for hydroxylation is 2. The maximum atomic E-state index is 12.2. The Morgan fingerprint density at radius 1 is 0.727 bits per heavy atom. The van der Waals surface area contributed by atoms with Gasteiger partial charge in [0.1, 0.15) is 22.5 Å². The molecule has 0 fully saturated rings. The Labute approximate surface area is 126 Å².